The summed E-state index contributed by atoms with van der Waals surface area (Å²) in [6, 6.07) is 11.0. The van der Waals surface area contributed by atoms with E-state index in [0.29, 0.717) is 29.8 Å². The molecule has 2 rings (SSSR count). The summed E-state index contributed by atoms with van der Waals surface area (Å²) in [7, 11) is 0. The first-order valence-electron chi connectivity index (χ1n) is 8.56. The quantitative estimate of drug-likeness (QED) is 0.528. The minimum Gasteiger partial charge on any atom is -0.381 e. The topological polar surface area (TPSA) is 118 Å². The summed E-state index contributed by atoms with van der Waals surface area (Å²) in [5.74, 6) is -1.37. The van der Waals surface area contributed by atoms with Crippen molar-refractivity contribution in [2.24, 2.45) is 5.73 Å². The molecule has 0 aliphatic rings. The van der Waals surface area contributed by atoms with Crippen LogP contribution in [0.15, 0.2) is 42.5 Å². The summed E-state index contributed by atoms with van der Waals surface area (Å²) in [4.78, 5) is 45.9. The van der Waals surface area contributed by atoms with E-state index < -0.39 is 17.9 Å². The molecule has 28 heavy (non-hydrogen) atoms. The fourth-order valence-electron chi connectivity index (χ4n) is 2.57. The number of nitrogens with one attached hydrogen (secondary N) is 2. The monoisotopic (exact) mass is 401 g/mol. The lowest BCUT2D eigenvalue weighted by Crippen LogP contribution is -2.44. The van der Waals surface area contributed by atoms with E-state index in [9.17, 15) is 19.2 Å². The predicted molar refractivity (Wildman–Crippen MR) is 106 cm³/mol. The van der Waals surface area contributed by atoms with Crippen molar-refractivity contribution in [3.8, 4) is 0 Å². The number of anilines is 1. The van der Waals surface area contributed by atoms with E-state index in [1.54, 1.807) is 12.1 Å². The molecule has 1 atom stereocenters. The van der Waals surface area contributed by atoms with Crippen LogP contribution in [-0.4, -0.2) is 30.4 Å². The van der Waals surface area contributed by atoms with Crippen LogP contribution in [0.2, 0.25) is 5.02 Å². The molecule has 0 spiro atoms. The van der Waals surface area contributed by atoms with Gasteiger partial charge in [0, 0.05) is 29.2 Å². The zero-order chi connectivity index (χ0) is 20.5. The number of hydrogen-bond donors (Lipinski definition) is 3. The molecule has 0 aromatic heterocycles. The average molecular weight is 402 g/mol. The van der Waals surface area contributed by atoms with Crippen LogP contribution >= 0.6 is 11.6 Å². The molecular formula is C20H20ClN3O4. The molecule has 0 saturated heterocycles. The third-order valence-electron chi connectivity index (χ3n) is 4.03. The molecular weight excluding hydrogens is 382 g/mol. The summed E-state index contributed by atoms with van der Waals surface area (Å²) in [6.07, 6.45) is 1.36. The number of amides is 2. The maximum Gasteiger partial charge on any atom is 0.252 e. The van der Waals surface area contributed by atoms with E-state index in [0.717, 1.165) is 5.56 Å². The molecule has 0 heterocycles. The normalized spacial score (nSPS) is 11.3. The number of carbonyl (C=O) groups is 4. The fraction of sp³-hybridized carbons (Fsp3) is 0.200. The Morgan fingerprint density at radius 2 is 1.93 bits per heavy atom. The number of nitrogens with two attached hydrogens (primary N) is 1. The number of primary amides is 1. The van der Waals surface area contributed by atoms with Crippen LogP contribution < -0.4 is 16.4 Å². The van der Waals surface area contributed by atoms with Gasteiger partial charge >= 0.3 is 0 Å². The second-order valence-corrected chi connectivity index (χ2v) is 6.51. The van der Waals surface area contributed by atoms with E-state index in [1.807, 2.05) is 18.2 Å². The maximum atomic E-state index is 12.6. The largest absolute Gasteiger partial charge is 0.381 e. The highest BCUT2D eigenvalue weighted by Gasteiger charge is 2.20. The lowest BCUT2D eigenvalue weighted by molar-refractivity contribution is -0.120. The number of rotatable bonds is 10. The lowest BCUT2D eigenvalue weighted by atomic mass is 10.0. The van der Waals surface area contributed by atoms with Crippen molar-refractivity contribution in [3.05, 3.63) is 64.2 Å². The van der Waals surface area contributed by atoms with Crippen molar-refractivity contribution in [1.82, 2.24) is 5.32 Å². The predicted octanol–water partition coefficient (Wildman–Crippen LogP) is 2.33. The van der Waals surface area contributed by atoms with Gasteiger partial charge in [0.25, 0.3) is 5.91 Å². The zero-order valence-electron chi connectivity index (χ0n) is 15.0. The molecule has 2 aromatic carbocycles. The van der Waals surface area contributed by atoms with Gasteiger partial charge in [0.15, 0.2) is 6.29 Å². The molecule has 4 N–H and O–H groups in total. The van der Waals surface area contributed by atoms with Gasteiger partial charge in [-0.05, 0) is 42.3 Å². The van der Waals surface area contributed by atoms with Crippen LogP contribution in [0.25, 0.3) is 0 Å². The standard InChI is InChI=1S/C20H20ClN3O4/c21-15-4-1-3-13(9-15)11-23-16-7-6-14(12-26)17(10-16)20(28)24-18(19(22)27)5-2-8-25/h1,3-4,6-10,12,18,23H,2,5,11H2,(H2,22,27)(H,24,28). The Bertz CT molecular complexity index is 886. The minimum atomic E-state index is -1.000. The summed E-state index contributed by atoms with van der Waals surface area (Å²) in [5.41, 5.74) is 7.09. The summed E-state index contributed by atoms with van der Waals surface area (Å²) in [6.45, 7) is 0.464. The Kier molecular flexibility index (Phi) is 7.71. The summed E-state index contributed by atoms with van der Waals surface area (Å²) < 4.78 is 0. The van der Waals surface area contributed by atoms with Crippen LogP contribution in [0.5, 0.6) is 0 Å². The van der Waals surface area contributed by atoms with Gasteiger partial charge in [-0.1, -0.05) is 23.7 Å². The molecule has 0 aliphatic heterocycles. The fourth-order valence-corrected chi connectivity index (χ4v) is 2.79. The lowest BCUT2D eigenvalue weighted by Gasteiger charge is -2.16. The number of halogens is 1. The van der Waals surface area contributed by atoms with E-state index in [4.69, 9.17) is 17.3 Å². The van der Waals surface area contributed by atoms with E-state index in [1.165, 1.54) is 12.1 Å². The minimum absolute atomic E-state index is 0.0790. The van der Waals surface area contributed by atoms with Gasteiger partial charge in [0.05, 0.1) is 5.56 Å². The molecule has 0 fully saturated rings. The van der Waals surface area contributed by atoms with Crippen molar-refractivity contribution in [2.75, 3.05) is 5.32 Å². The molecule has 2 aromatic rings. The second kappa shape index (κ2) is 10.2. The van der Waals surface area contributed by atoms with Gasteiger partial charge in [0.1, 0.15) is 12.3 Å². The Labute approximate surface area is 167 Å². The third kappa shape index (κ3) is 5.92. The molecule has 1 unspecified atom stereocenters. The number of hydrogen-bond acceptors (Lipinski definition) is 5. The number of aldehydes is 2. The smallest absolute Gasteiger partial charge is 0.252 e. The first-order chi connectivity index (χ1) is 13.4. The second-order valence-electron chi connectivity index (χ2n) is 6.08. The molecule has 0 bridgehead atoms. The van der Waals surface area contributed by atoms with E-state index >= 15 is 0 Å². The SMILES string of the molecule is NC(=O)C(CCC=O)NC(=O)c1cc(NCc2cccc(Cl)c2)ccc1C=O. The number of carbonyl (C=O) groups excluding carboxylic acids is 4. The molecule has 0 radical (unpaired) electrons. The Hall–Kier alpha value is -3.19. The van der Waals surface area contributed by atoms with Crippen LogP contribution in [0.3, 0.4) is 0 Å². The Morgan fingerprint density at radius 1 is 1.14 bits per heavy atom. The highest BCUT2D eigenvalue weighted by molar-refractivity contribution is 6.30. The third-order valence-corrected chi connectivity index (χ3v) is 4.27. The van der Waals surface area contributed by atoms with Gasteiger partial charge in [-0.3, -0.25) is 14.4 Å². The van der Waals surface area contributed by atoms with Crippen molar-refractivity contribution < 1.29 is 19.2 Å². The number of benzene rings is 2. The summed E-state index contributed by atoms with van der Waals surface area (Å²) in [5, 5.41) is 6.24. The molecule has 0 saturated carbocycles. The summed E-state index contributed by atoms with van der Waals surface area (Å²) >= 11 is 5.96. The molecule has 7 nitrogen and oxygen atoms in total. The molecule has 0 aliphatic carbocycles. The highest BCUT2D eigenvalue weighted by Crippen LogP contribution is 2.17. The highest BCUT2D eigenvalue weighted by atomic mass is 35.5. The van der Waals surface area contributed by atoms with Crippen LogP contribution in [0, 0.1) is 0 Å². The molecule has 8 heteroatoms. The Morgan fingerprint density at radius 3 is 2.57 bits per heavy atom. The molecule has 146 valence electrons. The van der Waals surface area contributed by atoms with Crippen LogP contribution in [0.4, 0.5) is 5.69 Å². The van der Waals surface area contributed by atoms with Gasteiger partial charge in [0.2, 0.25) is 5.91 Å². The Balaban J connectivity index is 2.16. The maximum absolute atomic E-state index is 12.6. The molecule has 2 amide bonds. The van der Waals surface area contributed by atoms with Gasteiger partial charge < -0.3 is 21.2 Å². The van der Waals surface area contributed by atoms with Crippen LogP contribution in [-0.2, 0) is 16.1 Å². The van der Waals surface area contributed by atoms with Crippen molar-refractivity contribution in [1.29, 1.82) is 0 Å². The first kappa shape index (κ1) is 21.1. The van der Waals surface area contributed by atoms with Crippen molar-refractivity contribution >= 4 is 41.7 Å². The van der Waals surface area contributed by atoms with E-state index in [2.05, 4.69) is 10.6 Å². The van der Waals surface area contributed by atoms with E-state index in [-0.39, 0.29) is 24.0 Å². The first-order valence-corrected chi connectivity index (χ1v) is 8.93. The van der Waals surface area contributed by atoms with Gasteiger partial charge in [-0.25, -0.2) is 0 Å². The zero-order valence-corrected chi connectivity index (χ0v) is 15.7. The van der Waals surface area contributed by atoms with Crippen molar-refractivity contribution in [2.45, 2.75) is 25.4 Å². The van der Waals surface area contributed by atoms with Gasteiger partial charge in [-0.2, -0.15) is 0 Å². The average Bonchev–Trinajstić information content (AvgIpc) is 2.69. The van der Waals surface area contributed by atoms with Crippen molar-refractivity contribution in [3.63, 3.8) is 0 Å². The van der Waals surface area contributed by atoms with Gasteiger partial charge in [-0.15, -0.1) is 0 Å². The van der Waals surface area contributed by atoms with Crippen LogP contribution in [0.1, 0.15) is 39.1 Å².